The molecular formula is C8H12N2O2. The van der Waals surface area contributed by atoms with Crippen LogP contribution in [-0.4, -0.2) is 16.3 Å². The molecule has 4 nitrogen and oxygen atoms in total. The fourth-order valence-electron chi connectivity index (χ4n) is 1.10. The number of aliphatic hydroxyl groups excluding tert-OH is 1. The van der Waals surface area contributed by atoms with Crippen LogP contribution in [0.4, 0.5) is 0 Å². The molecule has 0 unspecified atom stereocenters. The van der Waals surface area contributed by atoms with E-state index >= 15 is 0 Å². The monoisotopic (exact) mass is 168 g/mol. The van der Waals surface area contributed by atoms with Crippen molar-refractivity contribution in [3.8, 4) is 0 Å². The third-order valence-electron chi connectivity index (χ3n) is 1.67. The lowest BCUT2D eigenvalue weighted by Crippen LogP contribution is -2.25. The van der Waals surface area contributed by atoms with Gasteiger partial charge in [0.05, 0.1) is 6.61 Å². The second-order valence-corrected chi connectivity index (χ2v) is 2.43. The van der Waals surface area contributed by atoms with Crippen molar-refractivity contribution in [1.29, 1.82) is 0 Å². The number of nitrogens with zero attached hydrogens (tertiary/aromatic N) is 1. The van der Waals surface area contributed by atoms with Gasteiger partial charge in [-0.2, -0.15) is 0 Å². The number of pyridine rings is 1. The molecule has 0 fully saturated rings. The first-order chi connectivity index (χ1) is 5.79. The van der Waals surface area contributed by atoms with Crippen LogP contribution in [0.5, 0.6) is 0 Å². The lowest BCUT2D eigenvalue weighted by molar-refractivity contribution is 0.272. The topological polar surface area (TPSA) is 68.2 Å². The molecule has 0 spiro atoms. The maximum absolute atomic E-state index is 11.2. The molecule has 0 aliphatic carbocycles. The molecular weight excluding hydrogens is 156 g/mol. The maximum atomic E-state index is 11.2. The van der Waals surface area contributed by atoms with Crippen LogP contribution in [0.25, 0.3) is 0 Å². The Bertz CT molecular complexity index is 306. The van der Waals surface area contributed by atoms with Crippen LogP contribution in [0, 0.1) is 0 Å². The second kappa shape index (κ2) is 4.04. The van der Waals surface area contributed by atoms with E-state index in [1.54, 1.807) is 12.1 Å². The van der Waals surface area contributed by atoms with Crippen LogP contribution >= 0.6 is 0 Å². The van der Waals surface area contributed by atoms with Gasteiger partial charge in [0, 0.05) is 24.8 Å². The Labute approximate surface area is 70.3 Å². The molecule has 1 aromatic heterocycles. The third kappa shape index (κ3) is 1.72. The Morgan fingerprint density at radius 3 is 2.83 bits per heavy atom. The van der Waals surface area contributed by atoms with Gasteiger partial charge in [0.25, 0.3) is 5.56 Å². The largest absolute Gasteiger partial charge is 0.395 e. The predicted octanol–water partition coefficient (Wildman–Crippen LogP) is -0.701. The SMILES string of the molecule is NCc1cccc(=O)n1CCO. The molecule has 3 N–H and O–H groups in total. The number of nitrogens with two attached hydrogens (primary N) is 1. The zero-order valence-corrected chi connectivity index (χ0v) is 6.73. The summed E-state index contributed by atoms with van der Waals surface area (Å²) < 4.78 is 1.47. The van der Waals surface area contributed by atoms with Crippen LogP contribution in [0.15, 0.2) is 23.0 Å². The molecule has 0 radical (unpaired) electrons. The van der Waals surface area contributed by atoms with Crippen LogP contribution < -0.4 is 11.3 Å². The zero-order valence-electron chi connectivity index (χ0n) is 6.73. The average Bonchev–Trinajstić information content (AvgIpc) is 2.09. The first kappa shape index (κ1) is 8.96. The van der Waals surface area contributed by atoms with Crippen LogP contribution in [0.2, 0.25) is 0 Å². The van der Waals surface area contributed by atoms with Gasteiger partial charge in [-0.3, -0.25) is 4.79 Å². The lowest BCUT2D eigenvalue weighted by atomic mass is 10.3. The molecule has 0 aliphatic rings. The van der Waals surface area contributed by atoms with Crippen molar-refractivity contribution in [3.63, 3.8) is 0 Å². The van der Waals surface area contributed by atoms with Gasteiger partial charge in [-0.15, -0.1) is 0 Å². The molecule has 1 heterocycles. The molecule has 12 heavy (non-hydrogen) atoms. The summed E-state index contributed by atoms with van der Waals surface area (Å²) in [6.45, 7) is 0.583. The Hall–Kier alpha value is -1.13. The highest BCUT2D eigenvalue weighted by Gasteiger charge is 1.99. The van der Waals surface area contributed by atoms with Crippen molar-refractivity contribution in [2.24, 2.45) is 5.73 Å². The first-order valence-corrected chi connectivity index (χ1v) is 3.79. The van der Waals surface area contributed by atoms with Gasteiger partial charge in [0.2, 0.25) is 0 Å². The molecule has 0 atom stereocenters. The van der Waals surface area contributed by atoms with Gasteiger partial charge in [-0.1, -0.05) is 6.07 Å². The van der Waals surface area contributed by atoms with Crippen molar-refractivity contribution in [3.05, 3.63) is 34.2 Å². The quantitative estimate of drug-likeness (QED) is 0.627. The van der Waals surface area contributed by atoms with E-state index < -0.39 is 0 Å². The summed E-state index contributed by atoms with van der Waals surface area (Å²) in [6.07, 6.45) is 0. The minimum absolute atomic E-state index is 0.0447. The van der Waals surface area contributed by atoms with E-state index in [0.717, 1.165) is 5.69 Å². The summed E-state index contributed by atoms with van der Waals surface area (Å²) in [7, 11) is 0. The number of aliphatic hydroxyl groups is 1. The summed E-state index contributed by atoms with van der Waals surface area (Å²) >= 11 is 0. The highest BCUT2D eigenvalue weighted by atomic mass is 16.3. The van der Waals surface area contributed by atoms with Gasteiger partial charge in [0.1, 0.15) is 0 Å². The highest BCUT2D eigenvalue weighted by Crippen LogP contribution is 1.93. The van der Waals surface area contributed by atoms with Crippen molar-refractivity contribution < 1.29 is 5.11 Å². The maximum Gasteiger partial charge on any atom is 0.250 e. The molecule has 0 saturated heterocycles. The van der Waals surface area contributed by atoms with Gasteiger partial charge in [0.15, 0.2) is 0 Å². The van der Waals surface area contributed by atoms with E-state index in [1.165, 1.54) is 10.6 Å². The summed E-state index contributed by atoms with van der Waals surface area (Å²) in [6, 6.07) is 4.89. The van der Waals surface area contributed by atoms with Crippen molar-refractivity contribution >= 4 is 0 Å². The summed E-state index contributed by atoms with van der Waals surface area (Å²) in [5.41, 5.74) is 6.04. The smallest absolute Gasteiger partial charge is 0.250 e. The number of aromatic nitrogens is 1. The van der Waals surface area contributed by atoms with Gasteiger partial charge < -0.3 is 15.4 Å². The summed E-state index contributed by atoms with van der Waals surface area (Å²) in [5.74, 6) is 0. The molecule has 1 rings (SSSR count). The van der Waals surface area contributed by atoms with E-state index in [2.05, 4.69) is 0 Å². The van der Waals surface area contributed by atoms with E-state index in [0.29, 0.717) is 13.1 Å². The first-order valence-electron chi connectivity index (χ1n) is 3.79. The van der Waals surface area contributed by atoms with E-state index in [-0.39, 0.29) is 12.2 Å². The minimum Gasteiger partial charge on any atom is -0.395 e. The minimum atomic E-state index is -0.119. The van der Waals surface area contributed by atoms with Gasteiger partial charge in [-0.05, 0) is 6.07 Å². The second-order valence-electron chi connectivity index (χ2n) is 2.43. The molecule has 0 aromatic carbocycles. The molecule has 0 saturated carbocycles. The van der Waals surface area contributed by atoms with Crippen LogP contribution in [0.1, 0.15) is 5.69 Å². The fraction of sp³-hybridized carbons (Fsp3) is 0.375. The van der Waals surface area contributed by atoms with Gasteiger partial charge >= 0.3 is 0 Å². The van der Waals surface area contributed by atoms with Crippen LogP contribution in [0.3, 0.4) is 0 Å². The molecule has 0 aliphatic heterocycles. The van der Waals surface area contributed by atoms with Crippen molar-refractivity contribution in [2.75, 3.05) is 6.61 Å². The molecule has 4 heteroatoms. The lowest BCUT2D eigenvalue weighted by Gasteiger charge is -2.08. The Kier molecular flexibility index (Phi) is 3.01. The molecule has 0 bridgehead atoms. The summed E-state index contributed by atoms with van der Waals surface area (Å²) in [5, 5.41) is 8.66. The van der Waals surface area contributed by atoms with Crippen molar-refractivity contribution in [2.45, 2.75) is 13.1 Å². The van der Waals surface area contributed by atoms with Crippen LogP contribution in [-0.2, 0) is 13.1 Å². The molecule has 66 valence electrons. The summed E-state index contributed by atoms with van der Waals surface area (Å²) in [4.78, 5) is 11.2. The van der Waals surface area contributed by atoms with Crippen molar-refractivity contribution in [1.82, 2.24) is 4.57 Å². The van der Waals surface area contributed by atoms with E-state index in [1.807, 2.05) is 0 Å². The predicted molar refractivity (Wildman–Crippen MR) is 45.7 cm³/mol. The average molecular weight is 168 g/mol. The zero-order chi connectivity index (χ0) is 8.97. The fourth-order valence-corrected chi connectivity index (χ4v) is 1.10. The van der Waals surface area contributed by atoms with E-state index in [9.17, 15) is 4.79 Å². The number of hydrogen-bond donors (Lipinski definition) is 2. The third-order valence-corrected chi connectivity index (χ3v) is 1.67. The Morgan fingerprint density at radius 1 is 1.50 bits per heavy atom. The molecule has 1 aromatic rings. The number of hydrogen-bond acceptors (Lipinski definition) is 3. The Balaban J connectivity index is 3.11. The Morgan fingerprint density at radius 2 is 2.25 bits per heavy atom. The number of rotatable bonds is 3. The molecule has 0 amide bonds. The van der Waals surface area contributed by atoms with Gasteiger partial charge in [-0.25, -0.2) is 0 Å². The standard InChI is InChI=1S/C8H12N2O2/c9-6-7-2-1-3-8(12)10(7)4-5-11/h1-3,11H,4-6,9H2. The van der Waals surface area contributed by atoms with E-state index in [4.69, 9.17) is 10.8 Å². The highest BCUT2D eigenvalue weighted by molar-refractivity contribution is 5.06. The normalized spacial score (nSPS) is 10.2.